The highest BCUT2D eigenvalue weighted by molar-refractivity contribution is 6.30. The van der Waals surface area contributed by atoms with Crippen molar-refractivity contribution >= 4 is 23.2 Å². The summed E-state index contributed by atoms with van der Waals surface area (Å²) in [6.45, 7) is 5.20. The third-order valence-electron chi connectivity index (χ3n) is 5.23. The molecule has 1 aliphatic heterocycles. The predicted molar refractivity (Wildman–Crippen MR) is 110 cm³/mol. The van der Waals surface area contributed by atoms with Crippen LogP contribution in [0.2, 0.25) is 5.02 Å². The van der Waals surface area contributed by atoms with Gasteiger partial charge in [0.05, 0.1) is 23.6 Å². The van der Waals surface area contributed by atoms with Crippen LogP contribution in [0.1, 0.15) is 21.9 Å². The molecular formula is C20H23ClN6O2. The second-order valence-electron chi connectivity index (χ2n) is 7.23. The molecule has 3 aromatic rings. The Labute approximate surface area is 174 Å². The number of rotatable bonds is 4. The molecule has 2 aromatic heterocycles. The number of fused-ring (bicyclic) bond motifs is 1. The van der Waals surface area contributed by atoms with Gasteiger partial charge >= 0.3 is 0 Å². The fraction of sp³-hybridized carbons (Fsp3) is 0.400. The van der Waals surface area contributed by atoms with E-state index in [2.05, 4.69) is 27.2 Å². The molecule has 1 fully saturated rings. The maximum atomic E-state index is 13.0. The van der Waals surface area contributed by atoms with Gasteiger partial charge in [0.1, 0.15) is 0 Å². The zero-order chi connectivity index (χ0) is 20.5. The summed E-state index contributed by atoms with van der Waals surface area (Å²) < 4.78 is 7.02. The van der Waals surface area contributed by atoms with E-state index in [0.717, 1.165) is 29.9 Å². The van der Waals surface area contributed by atoms with Crippen LogP contribution in [-0.4, -0.2) is 75.9 Å². The molecule has 29 heavy (non-hydrogen) atoms. The molecule has 0 spiro atoms. The van der Waals surface area contributed by atoms with Crippen LogP contribution in [0, 0.1) is 6.92 Å². The number of halogens is 1. The van der Waals surface area contributed by atoms with Crippen LogP contribution < -0.4 is 0 Å². The Balaban J connectivity index is 1.80. The van der Waals surface area contributed by atoms with Crippen molar-refractivity contribution in [2.24, 2.45) is 0 Å². The molecular weight excluding hydrogens is 392 g/mol. The Kier molecular flexibility index (Phi) is 5.49. The molecule has 152 valence electrons. The van der Waals surface area contributed by atoms with E-state index in [1.54, 1.807) is 11.6 Å². The molecule has 8 nitrogen and oxygen atoms in total. The largest absolute Gasteiger partial charge is 0.378 e. The Morgan fingerprint density at radius 2 is 1.97 bits per heavy atom. The summed E-state index contributed by atoms with van der Waals surface area (Å²) in [5.41, 5.74) is 3.97. The average Bonchev–Trinajstić information content (AvgIpc) is 3.08. The Morgan fingerprint density at radius 3 is 2.66 bits per heavy atom. The van der Waals surface area contributed by atoms with Gasteiger partial charge in [0.15, 0.2) is 11.3 Å². The number of carbonyl (C=O) groups is 1. The van der Waals surface area contributed by atoms with Gasteiger partial charge in [-0.3, -0.25) is 4.79 Å². The van der Waals surface area contributed by atoms with Crippen LogP contribution >= 0.6 is 11.6 Å². The number of hydrogen-bond donors (Lipinski definition) is 0. The standard InChI is InChI=1S/C20H23ClN6O2/c1-13-18(20(28)26-9-7-25(2)8-10-26)22-23-19-17(14-5-4-6-15(21)11-14)16(12-29-3)24-27(13)19/h4-6,11H,7-10,12H2,1-3H3. The van der Waals surface area contributed by atoms with Crippen molar-refractivity contribution < 1.29 is 9.53 Å². The Bertz CT molecular complexity index is 1060. The monoisotopic (exact) mass is 414 g/mol. The number of amides is 1. The predicted octanol–water partition coefficient (Wildman–Crippen LogP) is 2.29. The second-order valence-corrected chi connectivity index (χ2v) is 7.67. The lowest BCUT2D eigenvalue weighted by Crippen LogP contribution is -2.47. The third-order valence-corrected chi connectivity index (χ3v) is 5.46. The van der Waals surface area contributed by atoms with Crippen LogP contribution in [0.4, 0.5) is 0 Å². The maximum absolute atomic E-state index is 13.0. The molecule has 0 saturated carbocycles. The van der Waals surface area contributed by atoms with Crippen molar-refractivity contribution in [1.29, 1.82) is 0 Å². The maximum Gasteiger partial charge on any atom is 0.276 e. The SMILES string of the molecule is COCc1nn2c(C)c(C(=O)N3CCN(C)CC3)nnc2c1-c1cccc(Cl)c1. The summed E-state index contributed by atoms with van der Waals surface area (Å²) in [4.78, 5) is 17.0. The highest BCUT2D eigenvalue weighted by Crippen LogP contribution is 2.30. The number of ether oxygens (including phenoxy) is 1. The summed E-state index contributed by atoms with van der Waals surface area (Å²) in [7, 11) is 3.67. The molecule has 1 aromatic carbocycles. The van der Waals surface area contributed by atoms with E-state index >= 15 is 0 Å². The van der Waals surface area contributed by atoms with E-state index in [0.29, 0.717) is 41.8 Å². The smallest absolute Gasteiger partial charge is 0.276 e. The van der Waals surface area contributed by atoms with E-state index < -0.39 is 0 Å². The molecule has 4 rings (SSSR count). The molecule has 0 bridgehead atoms. The quantitative estimate of drug-likeness (QED) is 0.652. The second kappa shape index (κ2) is 8.06. The summed E-state index contributed by atoms with van der Waals surface area (Å²) >= 11 is 6.19. The molecule has 0 N–H and O–H groups in total. The van der Waals surface area contributed by atoms with E-state index in [9.17, 15) is 4.79 Å². The third kappa shape index (κ3) is 3.71. The van der Waals surface area contributed by atoms with Crippen molar-refractivity contribution in [2.45, 2.75) is 13.5 Å². The number of piperazine rings is 1. The number of methoxy groups -OCH3 is 1. The van der Waals surface area contributed by atoms with Gasteiger partial charge in [0.2, 0.25) is 0 Å². The van der Waals surface area contributed by atoms with Crippen LogP contribution in [0.5, 0.6) is 0 Å². The summed E-state index contributed by atoms with van der Waals surface area (Å²) in [6, 6.07) is 7.50. The van der Waals surface area contributed by atoms with Gasteiger partial charge in [-0.15, -0.1) is 10.2 Å². The number of aryl methyl sites for hydroxylation is 1. The van der Waals surface area contributed by atoms with Crippen LogP contribution in [0.3, 0.4) is 0 Å². The van der Waals surface area contributed by atoms with Crippen molar-refractivity contribution in [3.8, 4) is 11.1 Å². The van der Waals surface area contributed by atoms with E-state index in [1.807, 2.05) is 36.1 Å². The fourth-order valence-electron chi connectivity index (χ4n) is 3.58. The topological polar surface area (TPSA) is 75.9 Å². The van der Waals surface area contributed by atoms with Gasteiger partial charge in [-0.25, -0.2) is 4.52 Å². The first kappa shape index (κ1) is 19.8. The molecule has 3 heterocycles. The van der Waals surface area contributed by atoms with Crippen LogP contribution in [0.15, 0.2) is 24.3 Å². The zero-order valence-corrected chi connectivity index (χ0v) is 17.5. The normalized spacial score (nSPS) is 15.2. The molecule has 1 amide bonds. The summed E-state index contributed by atoms with van der Waals surface area (Å²) in [5, 5.41) is 14.0. The molecule has 0 radical (unpaired) electrons. The molecule has 0 unspecified atom stereocenters. The van der Waals surface area contributed by atoms with Crippen LogP contribution in [0.25, 0.3) is 16.8 Å². The van der Waals surface area contributed by atoms with Crippen molar-refractivity contribution in [1.82, 2.24) is 29.6 Å². The number of carbonyl (C=O) groups excluding carboxylic acids is 1. The van der Waals surface area contributed by atoms with Crippen molar-refractivity contribution in [3.05, 3.63) is 46.4 Å². The highest BCUT2D eigenvalue weighted by atomic mass is 35.5. The minimum atomic E-state index is -0.113. The van der Waals surface area contributed by atoms with Gasteiger partial charge in [-0.1, -0.05) is 23.7 Å². The molecule has 9 heteroatoms. The first-order chi connectivity index (χ1) is 14.0. The van der Waals surface area contributed by atoms with E-state index in [1.165, 1.54) is 0 Å². The average molecular weight is 415 g/mol. The van der Waals surface area contributed by atoms with Gasteiger partial charge < -0.3 is 14.5 Å². The Hall–Kier alpha value is -2.55. The summed E-state index contributed by atoms with van der Waals surface area (Å²) in [6.07, 6.45) is 0. The lowest BCUT2D eigenvalue weighted by atomic mass is 10.1. The number of likely N-dealkylation sites (N-methyl/N-ethyl adjacent to an activating group) is 1. The van der Waals surface area contributed by atoms with Gasteiger partial charge in [-0.2, -0.15) is 5.10 Å². The number of benzene rings is 1. The first-order valence-corrected chi connectivity index (χ1v) is 9.85. The number of nitrogens with zero attached hydrogens (tertiary/aromatic N) is 6. The number of hydrogen-bond acceptors (Lipinski definition) is 6. The minimum absolute atomic E-state index is 0.113. The van der Waals surface area contributed by atoms with Gasteiger partial charge in [0.25, 0.3) is 5.91 Å². The number of aromatic nitrogens is 4. The molecule has 0 aliphatic carbocycles. The van der Waals surface area contributed by atoms with Crippen LogP contribution in [-0.2, 0) is 11.3 Å². The molecule has 1 aliphatic rings. The van der Waals surface area contributed by atoms with Crippen molar-refractivity contribution in [3.63, 3.8) is 0 Å². The Morgan fingerprint density at radius 1 is 1.21 bits per heavy atom. The molecule has 0 atom stereocenters. The first-order valence-electron chi connectivity index (χ1n) is 9.47. The zero-order valence-electron chi connectivity index (χ0n) is 16.7. The molecule has 1 saturated heterocycles. The van der Waals surface area contributed by atoms with Gasteiger partial charge in [-0.05, 0) is 31.7 Å². The summed E-state index contributed by atoms with van der Waals surface area (Å²) in [5.74, 6) is -0.113. The van der Waals surface area contributed by atoms with E-state index in [-0.39, 0.29) is 5.91 Å². The fourth-order valence-corrected chi connectivity index (χ4v) is 3.77. The lowest BCUT2D eigenvalue weighted by molar-refractivity contribution is 0.0655. The van der Waals surface area contributed by atoms with Crippen molar-refractivity contribution in [2.75, 3.05) is 40.3 Å². The van der Waals surface area contributed by atoms with E-state index in [4.69, 9.17) is 16.3 Å². The minimum Gasteiger partial charge on any atom is -0.378 e. The highest BCUT2D eigenvalue weighted by Gasteiger charge is 2.26. The van der Waals surface area contributed by atoms with Gasteiger partial charge in [0, 0.05) is 38.3 Å². The lowest BCUT2D eigenvalue weighted by Gasteiger charge is -2.32.